The van der Waals surface area contributed by atoms with E-state index in [2.05, 4.69) is 24.0 Å². The molecular formula is C15H25NO2S. The molecule has 1 heterocycles. The van der Waals surface area contributed by atoms with Crippen molar-refractivity contribution >= 4 is 11.3 Å². The van der Waals surface area contributed by atoms with Crippen molar-refractivity contribution in [2.75, 3.05) is 13.2 Å². The maximum Gasteiger partial charge on any atom is 0.0900 e. The lowest BCUT2D eigenvalue weighted by Crippen LogP contribution is -2.36. The fourth-order valence-corrected chi connectivity index (χ4v) is 3.10. The minimum absolute atomic E-state index is 0.184. The van der Waals surface area contributed by atoms with Crippen LogP contribution in [0.3, 0.4) is 0 Å². The number of thiophene rings is 1. The Morgan fingerprint density at radius 2 is 2.16 bits per heavy atom. The molecular weight excluding hydrogens is 258 g/mol. The molecule has 1 unspecified atom stereocenters. The van der Waals surface area contributed by atoms with E-state index in [1.165, 1.54) is 22.6 Å². The van der Waals surface area contributed by atoms with Gasteiger partial charge in [0.15, 0.2) is 0 Å². The smallest absolute Gasteiger partial charge is 0.0900 e. The summed E-state index contributed by atoms with van der Waals surface area (Å²) in [7, 11) is 0. The molecule has 1 aromatic rings. The molecule has 0 aliphatic heterocycles. The zero-order valence-corrected chi connectivity index (χ0v) is 12.9. The fourth-order valence-electron chi connectivity index (χ4n) is 2.18. The lowest BCUT2D eigenvalue weighted by molar-refractivity contribution is -0.0105. The Kier molecular flexibility index (Phi) is 5.39. The van der Waals surface area contributed by atoms with Crippen LogP contribution in [-0.2, 0) is 11.3 Å². The Labute approximate surface area is 120 Å². The normalized spacial score (nSPS) is 17.4. The second-order valence-electron chi connectivity index (χ2n) is 5.71. The molecule has 0 spiro atoms. The lowest BCUT2D eigenvalue weighted by Gasteiger charge is -2.24. The van der Waals surface area contributed by atoms with Crippen LogP contribution in [0.5, 0.6) is 0 Å². The van der Waals surface area contributed by atoms with Gasteiger partial charge in [-0.2, -0.15) is 0 Å². The molecule has 19 heavy (non-hydrogen) atoms. The molecule has 1 saturated carbocycles. The molecule has 1 aromatic heterocycles. The van der Waals surface area contributed by atoms with Crippen LogP contribution in [0.15, 0.2) is 12.1 Å². The quantitative estimate of drug-likeness (QED) is 0.796. The van der Waals surface area contributed by atoms with Crippen LogP contribution in [0.1, 0.15) is 36.4 Å². The van der Waals surface area contributed by atoms with Crippen LogP contribution >= 0.6 is 11.3 Å². The Morgan fingerprint density at radius 3 is 2.68 bits per heavy atom. The first-order valence-electron chi connectivity index (χ1n) is 7.13. The van der Waals surface area contributed by atoms with Crippen LogP contribution in [0.25, 0.3) is 0 Å². The number of hydrogen-bond acceptors (Lipinski definition) is 4. The summed E-state index contributed by atoms with van der Waals surface area (Å²) in [4.78, 5) is 5.15. The van der Waals surface area contributed by atoms with Gasteiger partial charge in [0.2, 0.25) is 0 Å². The minimum Gasteiger partial charge on any atom is -0.389 e. The number of rotatable bonds is 8. The molecule has 3 nitrogen and oxygen atoms in total. The van der Waals surface area contributed by atoms with Crippen molar-refractivity contribution in [1.29, 1.82) is 0 Å². The zero-order chi connectivity index (χ0) is 13.8. The largest absolute Gasteiger partial charge is 0.389 e. The molecule has 1 aliphatic rings. The lowest BCUT2D eigenvalue weighted by atomic mass is 10.3. The van der Waals surface area contributed by atoms with Gasteiger partial charge in [-0.3, -0.25) is 4.90 Å². The average Bonchev–Trinajstić information content (AvgIpc) is 3.11. The summed E-state index contributed by atoms with van der Waals surface area (Å²) in [5.41, 5.74) is 0. The molecule has 0 saturated heterocycles. The fraction of sp³-hybridized carbons (Fsp3) is 0.733. The monoisotopic (exact) mass is 283 g/mol. The van der Waals surface area contributed by atoms with Gasteiger partial charge in [0.05, 0.1) is 18.8 Å². The van der Waals surface area contributed by atoms with Crippen molar-refractivity contribution in [3.8, 4) is 0 Å². The standard InChI is InChI=1S/C15H25NO2S/c1-11(2)18-10-14(17)8-16(13-5-6-13)9-15-7-4-12(3)19-15/h4,7,11,13-14,17H,5-6,8-10H2,1-3H3. The molecule has 0 radical (unpaired) electrons. The summed E-state index contributed by atoms with van der Waals surface area (Å²) in [5, 5.41) is 10.1. The van der Waals surface area contributed by atoms with Gasteiger partial charge in [0.1, 0.15) is 0 Å². The third-order valence-electron chi connectivity index (χ3n) is 3.29. The number of aliphatic hydroxyl groups excluding tert-OH is 1. The van der Waals surface area contributed by atoms with E-state index in [1.54, 1.807) is 0 Å². The Morgan fingerprint density at radius 1 is 1.42 bits per heavy atom. The first-order chi connectivity index (χ1) is 9.04. The molecule has 108 valence electrons. The summed E-state index contributed by atoms with van der Waals surface area (Å²) >= 11 is 1.85. The number of nitrogens with zero attached hydrogens (tertiary/aromatic N) is 1. The molecule has 1 atom stereocenters. The topological polar surface area (TPSA) is 32.7 Å². The molecule has 4 heteroatoms. The second-order valence-corrected chi connectivity index (χ2v) is 7.08. The van der Waals surface area contributed by atoms with Crippen LogP contribution in [0.4, 0.5) is 0 Å². The Bertz CT molecular complexity index is 387. The molecule has 0 amide bonds. The first-order valence-corrected chi connectivity index (χ1v) is 7.95. The van der Waals surface area contributed by atoms with Crippen LogP contribution in [-0.4, -0.2) is 41.4 Å². The molecule has 1 fully saturated rings. The highest BCUT2D eigenvalue weighted by molar-refractivity contribution is 7.11. The molecule has 1 N–H and O–H groups in total. The van der Waals surface area contributed by atoms with Gasteiger partial charge in [-0.25, -0.2) is 0 Å². The predicted molar refractivity (Wildman–Crippen MR) is 79.6 cm³/mol. The van der Waals surface area contributed by atoms with Gasteiger partial charge in [-0.05, 0) is 45.7 Å². The van der Waals surface area contributed by atoms with E-state index in [0.717, 1.165) is 6.54 Å². The van der Waals surface area contributed by atoms with E-state index in [1.807, 2.05) is 25.2 Å². The SMILES string of the molecule is Cc1ccc(CN(CC(O)COC(C)C)C2CC2)s1. The summed E-state index contributed by atoms with van der Waals surface area (Å²) in [6.45, 7) is 8.25. The van der Waals surface area contributed by atoms with Gasteiger partial charge in [0.25, 0.3) is 0 Å². The molecule has 2 rings (SSSR count). The van der Waals surface area contributed by atoms with Crippen LogP contribution in [0.2, 0.25) is 0 Å². The maximum absolute atomic E-state index is 10.1. The third-order valence-corrected chi connectivity index (χ3v) is 4.27. The van der Waals surface area contributed by atoms with E-state index in [-0.39, 0.29) is 12.2 Å². The van der Waals surface area contributed by atoms with Gasteiger partial charge < -0.3 is 9.84 Å². The van der Waals surface area contributed by atoms with E-state index in [9.17, 15) is 5.11 Å². The summed E-state index contributed by atoms with van der Waals surface area (Å²) in [6, 6.07) is 5.03. The van der Waals surface area contributed by atoms with E-state index >= 15 is 0 Å². The zero-order valence-electron chi connectivity index (χ0n) is 12.1. The van der Waals surface area contributed by atoms with Gasteiger partial charge in [-0.15, -0.1) is 11.3 Å². The first kappa shape index (κ1) is 15.0. The molecule has 0 aromatic carbocycles. The Balaban J connectivity index is 1.82. The van der Waals surface area contributed by atoms with Crippen molar-refractivity contribution < 1.29 is 9.84 Å². The van der Waals surface area contributed by atoms with Crippen molar-refractivity contribution in [1.82, 2.24) is 4.90 Å². The van der Waals surface area contributed by atoms with Crippen molar-refractivity contribution in [2.45, 2.75) is 58.4 Å². The molecule has 0 bridgehead atoms. The van der Waals surface area contributed by atoms with E-state index in [4.69, 9.17) is 4.74 Å². The van der Waals surface area contributed by atoms with Crippen molar-refractivity contribution in [3.63, 3.8) is 0 Å². The number of ether oxygens (including phenoxy) is 1. The number of aryl methyl sites for hydroxylation is 1. The average molecular weight is 283 g/mol. The predicted octanol–water partition coefficient (Wildman–Crippen LogP) is 2.81. The van der Waals surface area contributed by atoms with Crippen LogP contribution in [0, 0.1) is 6.92 Å². The van der Waals surface area contributed by atoms with Gasteiger partial charge in [0, 0.05) is 28.9 Å². The second kappa shape index (κ2) is 6.84. The highest BCUT2D eigenvalue weighted by Gasteiger charge is 2.30. The van der Waals surface area contributed by atoms with E-state index < -0.39 is 0 Å². The minimum atomic E-state index is -0.385. The van der Waals surface area contributed by atoms with E-state index in [0.29, 0.717) is 19.2 Å². The number of hydrogen-bond donors (Lipinski definition) is 1. The maximum atomic E-state index is 10.1. The van der Waals surface area contributed by atoms with Crippen molar-refractivity contribution in [2.24, 2.45) is 0 Å². The highest BCUT2D eigenvalue weighted by Crippen LogP contribution is 2.29. The van der Waals surface area contributed by atoms with Gasteiger partial charge in [-0.1, -0.05) is 0 Å². The van der Waals surface area contributed by atoms with Gasteiger partial charge >= 0.3 is 0 Å². The molecule has 1 aliphatic carbocycles. The Hall–Kier alpha value is -0.420. The summed E-state index contributed by atoms with van der Waals surface area (Å²) in [5.74, 6) is 0. The van der Waals surface area contributed by atoms with Crippen molar-refractivity contribution in [3.05, 3.63) is 21.9 Å². The van der Waals surface area contributed by atoms with Crippen LogP contribution < -0.4 is 0 Å². The number of aliphatic hydroxyl groups is 1. The summed E-state index contributed by atoms with van der Waals surface area (Å²) in [6.07, 6.45) is 2.33. The summed E-state index contributed by atoms with van der Waals surface area (Å²) < 4.78 is 5.48. The highest BCUT2D eigenvalue weighted by atomic mass is 32.1. The third kappa shape index (κ3) is 5.22.